The fourth-order valence-electron chi connectivity index (χ4n) is 2.04. The van der Waals surface area contributed by atoms with Crippen LogP contribution < -0.4 is 0 Å². The molecule has 1 N–H and O–H groups in total. The van der Waals surface area contributed by atoms with Crippen LogP contribution in [-0.2, 0) is 15.9 Å². The minimum Gasteiger partial charge on any atom is -0.400 e. The van der Waals surface area contributed by atoms with E-state index >= 15 is 0 Å². The summed E-state index contributed by atoms with van der Waals surface area (Å²) in [6.07, 6.45) is 3.59. The molecule has 1 aliphatic heterocycles. The molecule has 2 rings (SSSR count). The predicted octanol–water partition coefficient (Wildman–Crippen LogP) is 2.52. The van der Waals surface area contributed by atoms with Crippen LogP contribution in [0.25, 0.3) is 6.08 Å². The van der Waals surface area contributed by atoms with Crippen molar-refractivity contribution >= 4 is 25.8 Å². The molecule has 2 heterocycles. The summed E-state index contributed by atoms with van der Waals surface area (Å²) in [5.74, 6) is 0.516. The molecule has 1 aromatic heterocycles. The van der Waals surface area contributed by atoms with Crippen molar-refractivity contribution in [3.63, 3.8) is 0 Å². The van der Waals surface area contributed by atoms with Crippen LogP contribution in [0.2, 0.25) is 0 Å². The smallest absolute Gasteiger partial charge is 0.400 e. The van der Waals surface area contributed by atoms with E-state index in [9.17, 15) is 5.11 Å². The molecule has 114 valence electrons. The number of hydrogen-bond donors (Lipinski definition) is 2. The van der Waals surface area contributed by atoms with Gasteiger partial charge in [0.25, 0.3) is 0 Å². The first-order valence-electron chi connectivity index (χ1n) is 7.02. The number of hydrogen-bond acceptors (Lipinski definition) is 5. The lowest BCUT2D eigenvalue weighted by Gasteiger charge is -2.32. The Hall–Kier alpha value is -0.815. The van der Waals surface area contributed by atoms with Crippen LogP contribution in [0.3, 0.4) is 0 Å². The van der Waals surface area contributed by atoms with Gasteiger partial charge >= 0.3 is 7.12 Å². The molecule has 6 heteroatoms. The zero-order valence-corrected chi connectivity index (χ0v) is 13.9. The highest BCUT2D eigenvalue weighted by Crippen LogP contribution is 2.38. The normalized spacial score (nSPS) is 20.9. The fourth-order valence-corrected chi connectivity index (χ4v) is 2.28. The Morgan fingerprint density at radius 3 is 2.48 bits per heavy atom. The molecular formula is C15H22BNO3S. The quantitative estimate of drug-likeness (QED) is 0.663. The first-order valence-corrected chi connectivity index (χ1v) is 7.65. The Bertz CT molecular complexity index is 529. The lowest BCUT2D eigenvalue weighted by atomic mass is 9.78. The summed E-state index contributed by atoms with van der Waals surface area (Å²) in [5, 5.41) is 9.19. The summed E-state index contributed by atoms with van der Waals surface area (Å²) in [6.45, 7) is 8.08. The summed E-state index contributed by atoms with van der Waals surface area (Å²) in [5.41, 5.74) is 1.75. The molecule has 1 aliphatic rings. The van der Waals surface area contributed by atoms with Gasteiger partial charge in [-0.15, -0.1) is 0 Å². The average Bonchev–Trinajstić information content (AvgIpc) is 2.65. The number of pyridine rings is 1. The van der Waals surface area contributed by atoms with Gasteiger partial charge in [0.05, 0.1) is 23.5 Å². The van der Waals surface area contributed by atoms with E-state index in [4.69, 9.17) is 9.31 Å². The fraction of sp³-hybridized carbons (Fsp3) is 0.533. The van der Waals surface area contributed by atoms with Crippen LogP contribution in [0.15, 0.2) is 23.8 Å². The van der Waals surface area contributed by atoms with Crippen LogP contribution in [0, 0.1) is 0 Å². The van der Waals surface area contributed by atoms with E-state index in [2.05, 4.69) is 17.6 Å². The minimum atomic E-state index is -0.424. The molecule has 0 amide bonds. The predicted molar refractivity (Wildman–Crippen MR) is 88.1 cm³/mol. The summed E-state index contributed by atoms with van der Waals surface area (Å²) in [7, 11) is -0.424. The Morgan fingerprint density at radius 1 is 1.33 bits per heavy atom. The van der Waals surface area contributed by atoms with Gasteiger partial charge in [-0.3, -0.25) is 4.98 Å². The third-order valence-corrected chi connectivity index (χ3v) is 4.47. The largest absolute Gasteiger partial charge is 0.491 e. The van der Waals surface area contributed by atoms with Crippen molar-refractivity contribution in [2.75, 3.05) is 5.75 Å². The highest BCUT2D eigenvalue weighted by molar-refractivity contribution is 7.80. The van der Waals surface area contributed by atoms with Crippen molar-refractivity contribution in [2.24, 2.45) is 0 Å². The van der Waals surface area contributed by atoms with E-state index < -0.39 is 7.12 Å². The molecule has 0 bridgehead atoms. The molecule has 0 spiro atoms. The van der Waals surface area contributed by atoms with Crippen molar-refractivity contribution in [1.29, 1.82) is 0 Å². The highest BCUT2D eigenvalue weighted by atomic mass is 32.1. The first kappa shape index (κ1) is 16.6. The molecule has 4 nitrogen and oxygen atoms in total. The highest BCUT2D eigenvalue weighted by Gasteiger charge is 2.52. The molecule has 1 saturated heterocycles. The van der Waals surface area contributed by atoms with Gasteiger partial charge in [0.2, 0.25) is 0 Å². The lowest BCUT2D eigenvalue weighted by Crippen LogP contribution is -2.41. The van der Waals surface area contributed by atoms with E-state index in [1.165, 1.54) is 0 Å². The van der Waals surface area contributed by atoms with Crippen LogP contribution in [0.5, 0.6) is 0 Å². The van der Waals surface area contributed by atoms with Gasteiger partial charge in [0.1, 0.15) is 0 Å². The number of rotatable bonds is 4. The van der Waals surface area contributed by atoms with Crippen LogP contribution in [0.1, 0.15) is 39.0 Å². The van der Waals surface area contributed by atoms with Crippen LogP contribution in [0.4, 0.5) is 0 Å². The SMILES string of the molecule is CC1(C)OB(C(=Cc2cc(CO)ccn2)CS)OC1(C)C. The van der Waals surface area contributed by atoms with Crippen molar-refractivity contribution in [1.82, 2.24) is 4.98 Å². The second-order valence-corrected chi connectivity index (χ2v) is 6.53. The number of aliphatic hydroxyl groups is 1. The zero-order chi connectivity index (χ0) is 15.7. The van der Waals surface area contributed by atoms with Crippen LogP contribution in [-0.4, -0.2) is 34.2 Å². The third-order valence-electron chi connectivity index (χ3n) is 4.10. The maximum atomic E-state index is 9.19. The molecule has 0 unspecified atom stereocenters. The summed E-state index contributed by atoms with van der Waals surface area (Å²) in [6, 6.07) is 3.63. The van der Waals surface area contributed by atoms with E-state index in [-0.39, 0.29) is 17.8 Å². The zero-order valence-electron chi connectivity index (χ0n) is 13.0. The van der Waals surface area contributed by atoms with Crippen molar-refractivity contribution in [3.05, 3.63) is 35.1 Å². The monoisotopic (exact) mass is 307 g/mol. The molecule has 0 aliphatic carbocycles. The van der Waals surface area contributed by atoms with E-state index in [1.807, 2.05) is 39.8 Å². The van der Waals surface area contributed by atoms with Gasteiger partial charge in [-0.25, -0.2) is 0 Å². The summed E-state index contributed by atoms with van der Waals surface area (Å²) < 4.78 is 12.1. The van der Waals surface area contributed by atoms with Crippen LogP contribution >= 0.6 is 12.6 Å². The standard InChI is InChI=1S/C15H22BNO3S/c1-14(2)15(3,4)20-16(19-14)12(10-21)8-13-7-11(9-18)5-6-17-13/h5-8,18,21H,9-10H2,1-4H3. The molecular weight excluding hydrogens is 285 g/mol. The Labute approximate surface area is 132 Å². The first-order chi connectivity index (χ1) is 9.79. The third kappa shape index (κ3) is 3.51. The summed E-state index contributed by atoms with van der Waals surface area (Å²) >= 11 is 4.38. The lowest BCUT2D eigenvalue weighted by molar-refractivity contribution is 0.00578. The molecule has 0 radical (unpaired) electrons. The minimum absolute atomic E-state index is 0.00391. The van der Waals surface area contributed by atoms with Crippen molar-refractivity contribution in [2.45, 2.75) is 45.5 Å². The van der Waals surface area contributed by atoms with Gasteiger partial charge < -0.3 is 14.4 Å². The number of thiol groups is 1. The van der Waals surface area contributed by atoms with Crippen molar-refractivity contribution in [3.8, 4) is 0 Å². The topological polar surface area (TPSA) is 51.6 Å². The maximum absolute atomic E-state index is 9.19. The Morgan fingerprint density at radius 2 is 1.95 bits per heavy atom. The Balaban J connectivity index is 2.26. The molecule has 0 aromatic carbocycles. The van der Waals surface area contributed by atoms with E-state index in [0.717, 1.165) is 16.7 Å². The number of nitrogens with zero attached hydrogens (tertiary/aromatic N) is 1. The maximum Gasteiger partial charge on any atom is 0.491 e. The van der Waals surface area contributed by atoms with Crippen molar-refractivity contribution < 1.29 is 14.4 Å². The van der Waals surface area contributed by atoms with Gasteiger partial charge in [0.15, 0.2) is 0 Å². The van der Waals surface area contributed by atoms with E-state index in [1.54, 1.807) is 12.3 Å². The van der Waals surface area contributed by atoms with Gasteiger partial charge in [-0.05, 0) is 56.9 Å². The molecule has 21 heavy (non-hydrogen) atoms. The second kappa shape index (κ2) is 6.12. The van der Waals surface area contributed by atoms with Gasteiger partial charge in [0, 0.05) is 11.9 Å². The molecule has 0 atom stereocenters. The Kier molecular flexibility index (Phi) is 4.83. The molecule has 0 saturated carbocycles. The van der Waals surface area contributed by atoms with Gasteiger partial charge in [-0.2, -0.15) is 12.6 Å². The second-order valence-electron chi connectivity index (χ2n) is 6.21. The molecule has 1 fully saturated rings. The van der Waals surface area contributed by atoms with Gasteiger partial charge in [-0.1, -0.05) is 0 Å². The number of aromatic nitrogens is 1. The van der Waals surface area contributed by atoms with E-state index in [0.29, 0.717) is 5.75 Å². The number of aliphatic hydroxyl groups excluding tert-OH is 1. The average molecular weight is 307 g/mol. The summed E-state index contributed by atoms with van der Waals surface area (Å²) in [4.78, 5) is 4.29. The molecule has 1 aromatic rings.